The fraction of sp³-hybridized carbons (Fsp3) is 0.615. The summed E-state index contributed by atoms with van der Waals surface area (Å²) < 4.78 is 55.9. The zero-order chi connectivity index (χ0) is 28.1. The maximum absolute atomic E-state index is 13.9. The molecule has 1 aliphatic carbocycles. The van der Waals surface area contributed by atoms with Gasteiger partial charge in [-0.2, -0.15) is 8.42 Å². The van der Waals surface area contributed by atoms with Gasteiger partial charge in [-0.3, -0.25) is 9.52 Å². The average molecular weight is 567 g/mol. The van der Waals surface area contributed by atoms with Gasteiger partial charge in [0.05, 0.1) is 11.9 Å². The number of benzene rings is 1. The van der Waals surface area contributed by atoms with Crippen molar-refractivity contribution in [2.24, 2.45) is 15.2 Å². The molecule has 0 radical (unpaired) electrons. The first kappa shape index (κ1) is 28.4. The third-order valence-corrected chi connectivity index (χ3v) is 9.43. The number of carbonyl (C=O) groups excluding carboxylic acids is 1. The van der Waals surface area contributed by atoms with E-state index in [0.29, 0.717) is 13.0 Å². The number of carbonyl (C=O) groups is 1. The summed E-state index contributed by atoms with van der Waals surface area (Å²) in [6.07, 6.45) is 7.26. The van der Waals surface area contributed by atoms with Crippen molar-refractivity contribution in [1.82, 2.24) is 4.90 Å². The Morgan fingerprint density at radius 3 is 2.47 bits per heavy atom. The Morgan fingerprint density at radius 2 is 1.87 bits per heavy atom. The molecule has 210 valence electrons. The van der Waals surface area contributed by atoms with Crippen LogP contribution in [-0.4, -0.2) is 57.4 Å². The molecule has 10 nitrogen and oxygen atoms in total. The molecule has 3 aliphatic rings. The van der Waals surface area contributed by atoms with Crippen molar-refractivity contribution < 1.29 is 26.7 Å². The number of rotatable bonds is 6. The van der Waals surface area contributed by atoms with E-state index in [1.165, 1.54) is 18.2 Å². The van der Waals surface area contributed by atoms with Crippen LogP contribution in [0, 0.1) is 10.8 Å². The zero-order valence-corrected chi connectivity index (χ0v) is 24.3. The Bertz CT molecular complexity index is 1400. The maximum atomic E-state index is 13.9. The van der Waals surface area contributed by atoms with Crippen molar-refractivity contribution in [2.75, 3.05) is 22.8 Å². The van der Waals surface area contributed by atoms with Gasteiger partial charge in [0.2, 0.25) is 10.0 Å². The molecular formula is C26H38N4O6S2. The Hall–Kier alpha value is -2.60. The van der Waals surface area contributed by atoms with Crippen LogP contribution in [0.5, 0.6) is 0 Å². The van der Waals surface area contributed by atoms with E-state index in [-0.39, 0.29) is 44.9 Å². The van der Waals surface area contributed by atoms with Gasteiger partial charge in [-0.15, -0.1) is 4.40 Å². The van der Waals surface area contributed by atoms with Crippen LogP contribution >= 0.6 is 0 Å². The van der Waals surface area contributed by atoms with E-state index in [9.17, 15) is 26.7 Å². The number of amides is 1. The smallest absolute Gasteiger partial charge is 0.286 e. The molecule has 3 N–H and O–H groups in total. The Balaban J connectivity index is 1.78. The molecule has 0 bridgehead atoms. The van der Waals surface area contributed by atoms with E-state index in [2.05, 4.69) is 35.2 Å². The summed E-state index contributed by atoms with van der Waals surface area (Å²) in [5.74, 6) is -0.798. The molecule has 0 spiro atoms. The molecule has 1 saturated carbocycles. The zero-order valence-electron chi connectivity index (χ0n) is 22.7. The maximum Gasteiger partial charge on any atom is 0.286 e. The molecule has 2 heterocycles. The van der Waals surface area contributed by atoms with Gasteiger partial charge in [-0.25, -0.2) is 8.42 Å². The predicted molar refractivity (Wildman–Crippen MR) is 148 cm³/mol. The Morgan fingerprint density at radius 1 is 1.21 bits per heavy atom. The van der Waals surface area contributed by atoms with Gasteiger partial charge in [0.25, 0.3) is 15.9 Å². The second-order valence-corrected chi connectivity index (χ2v) is 15.5. The van der Waals surface area contributed by atoms with Crippen LogP contribution < -0.4 is 10.0 Å². The first-order valence-corrected chi connectivity index (χ1v) is 16.3. The van der Waals surface area contributed by atoms with Crippen LogP contribution in [0.1, 0.15) is 72.6 Å². The fourth-order valence-corrected chi connectivity index (χ4v) is 7.07. The first-order valence-electron chi connectivity index (χ1n) is 13.0. The van der Waals surface area contributed by atoms with Crippen LogP contribution in [0.25, 0.3) is 0 Å². The van der Waals surface area contributed by atoms with Crippen molar-refractivity contribution in [3.8, 4) is 0 Å². The van der Waals surface area contributed by atoms with Crippen molar-refractivity contribution in [3.05, 3.63) is 29.5 Å². The normalized spacial score (nSPS) is 24.5. The van der Waals surface area contributed by atoms with Gasteiger partial charge < -0.3 is 15.3 Å². The Labute approximate surface area is 225 Å². The standard InChI is InChI=1S/C26H38N4O6S2/c1-25(2,3)13-14-26(4)16-30(18-9-7-6-8-10-18)24(32)21(22(26)31)23-27-19-12-11-17(28-37(5,33)34)15-20(19)38(35,36)29-23/h11-12,15,18,28,31H,6-10,13-14,16H2,1-5H3,(H,27,29)/t26-/m1/s1. The number of hydrogen-bond donors (Lipinski definition) is 3. The first-order chi connectivity index (χ1) is 17.5. The van der Waals surface area contributed by atoms with Crippen LogP contribution in [0.4, 0.5) is 11.4 Å². The number of amidine groups is 1. The van der Waals surface area contributed by atoms with Gasteiger partial charge in [-0.05, 0) is 49.3 Å². The molecule has 1 aromatic rings. The summed E-state index contributed by atoms with van der Waals surface area (Å²) in [6, 6.07) is 4.03. The third-order valence-electron chi connectivity index (χ3n) is 7.51. The van der Waals surface area contributed by atoms with E-state index < -0.39 is 31.4 Å². The van der Waals surface area contributed by atoms with Gasteiger partial charge >= 0.3 is 0 Å². The fourth-order valence-electron chi connectivity index (χ4n) is 5.36. The molecule has 1 aromatic carbocycles. The summed E-state index contributed by atoms with van der Waals surface area (Å²) >= 11 is 0. The van der Waals surface area contributed by atoms with Crippen LogP contribution in [-0.2, 0) is 24.8 Å². The number of hydrogen-bond acceptors (Lipinski definition) is 7. The number of nitrogens with one attached hydrogen (secondary N) is 2. The molecule has 0 unspecified atom stereocenters. The summed E-state index contributed by atoms with van der Waals surface area (Å²) in [7, 11) is -7.93. The monoisotopic (exact) mass is 566 g/mol. The van der Waals surface area contributed by atoms with Gasteiger partial charge in [0.1, 0.15) is 16.2 Å². The highest BCUT2D eigenvalue weighted by molar-refractivity contribution is 7.92. The lowest BCUT2D eigenvalue weighted by Gasteiger charge is -2.46. The molecule has 12 heteroatoms. The highest BCUT2D eigenvalue weighted by atomic mass is 32.2. The number of aliphatic hydroxyl groups is 1. The quantitative estimate of drug-likeness (QED) is 0.463. The van der Waals surface area contributed by atoms with Crippen molar-refractivity contribution in [2.45, 2.75) is 83.6 Å². The predicted octanol–water partition coefficient (Wildman–Crippen LogP) is 4.39. The molecule has 1 amide bonds. The lowest BCUT2D eigenvalue weighted by Crippen LogP contribution is -2.54. The number of fused-ring (bicyclic) bond motifs is 1. The minimum absolute atomic E-state index is 0.00117. The average Bonchev–Trinajstić information content (AvgIpc) is 2.80. The van der Waals surface area contributed by atoms with E-state index in [1.807, 2.05) is 11.8 Å². The molecule has 1 fully saturated rings. The minimum atomic E-state index is -4.31. The van der Waals surface area contributed by atoms with Gasteiger partial charge in [0, 0.05) is 23.7 Å². The summed E-state index contributed by atoms with van der Waals surface area (Å²) in [4.78, 5) is 15.5. The molecule has 0 saturated heterocycles. The number of aliphatic hydroxyl groups excluding tert-OH is 1. The van der Waals surface area contributed by atoms with Crippen molar-refractivity contribution >= 4 is 43.2 Å². The third kappa shape index (κ3) is 6.01. The van der Waals surface area contributed by atoms with E-state index in [4.69, 9.17) is 0 Å². The lowest BCUT2D eigenvalue weighted by atomic mass is 9.73. The Kier molecular flexibility index (Phi) is 7.37. The second kappa shape index (κ2) is 9.86. The van der Waals surface area contributed by atoms with Crippen LogP contribution in [0.3, 0.4) is 0 Å². The topological polar surface area (TPSA) is 145 Å². The number of anilines is 2. The van der Waals surface area contributed by atoms with Crippen LogP contribution in [0.2, 0.25) is 0 Å². The minimum Gasteiger partial charge on any atom is -0.511 e. The molecule has 1 atom stereocenters. The lowest BCUT2D eigenvalue weighted by molar-refractivity contribution is -0.133. The summed E-state index contributed by atoms with van der Waals surface area (Å²) in [6.45, 7) is 8.64. The summed E-state index contributed by atoms with van der Waals surface area (Å²) in [5, 5.41) is 14.5. The van der Waals surface area contributed by atoms with Gasteiger partial charge in [-0.1, -0.05) is 47.0 Å². The largest absolute Gasteiger partial charge is 0.511 e. The highest BCUT2D eigenvalue weighted by Crippen LogP contribution is 2.44. The van der Waals surface area contributed by atoms with Crippen molar-refractivity contribution in [1.29, 1.82) is 0 Å². The second-order valence-electron chi connectivity index (χ2n) is 12.2. The summed E-state index contributed by atoms with van der Waals surface area (Å²) in [5.41, 5.74) is -0.671. The van der Waals surface area contributed by atoms with E-state index >= 15 is 0 Å². The molecular weight excluding hydrogens is 528 g/mol. The van der Waals surface area contributed by atoms with Crippen LogP contribution in [0.15, 0.2) is 38.8 Å². The van der Waals surface area contributed by atoms with Crippen molar-refractivity contribution in [3.63, 3.8) is 0 Å². The van der Waals surface area contributed by atoms with Gasteiger partial charge in [0.15, 0.2) is 5.84 Å². The number of nitrogens with zero attached hydrogens (tertiary/aromatic N) is 2. The molecule has 4 rings (SSSR count). The van der Waals surface area contributed by atoms with E-state index in [1.54, 1.807) is 0 Å². The molecule has 38 heavy (non-hydrogen) atoms. The number of sulfonamides is 2. The highest BCUT2D eigenvalue weighted by Gasteiger charge is 2.47. The SMILES string of the molecule is CC(C)(C)CC[C@]1(C)CN(C2CCCCC2)C(=O)C(C2=NS(=O)(=O)c3cc(NS(C)(=O)=O)ccc3N2)=C1O. The molecule has 2 aliphatic heterocycles. The van der Waals surface area contributed by atoms with E-state index in [0.717, 1.165) is 44.8 Å². The molecule has 0 aromatic heterocycles.